The van der Waals surface area contributed by atoms with Gasteiger partial charge in [-0.3, -0.25) is 0 Å². The zero-order chi connectivity index (χ0) is 14.8. The van der Waals surface area contributed by atoms with E-state index >= 15 is 0 Å². The van der Waals surface area contributed by atoms with Gasteiger partial charge >= 0.3 is 0 Å². The van der Waals surface area contributed by atoms with Gasteiger partial charge in [0, 0.05) is 29.8 Å². The number of fused-ring (bicyclic) bond motifs is 3. The molecule has 4 atom stereocenters. The molecule has 0 radical (unpaired) electrons. The van der Waals surface area contributed by atoms with E-state index in [1.54, 1.807) is 7.11 Å². The fourth-order valence-electron chi connectivity index (χ4n) is 5.97. The van der Waals surface area contributed by atoms with Crippen molar-refractivity contribution in [3.05, 3.63) is 29.3 Å². The number of methoxy groups -OCH3 is 1. The molecule has 2 unspecified atom stereocenters. The highest BCUT2D eigenvalue weighted by Gasteiger charge is 2.68. The molecule has 1 aliphatic heterocycles. The maximum absolute atomic E-state index is 11.4. The molecule has 0 N–H and O–H groups in total. The van der Waals surface area contributed by atoms with E-state index in [2.05, 4.69) is 37.1 Å². The molecule has 2 aliphatic carbocycles. The van der Waals surface area contributed by atoms with Crippen molar-refractivity contribution in [1.82, 2.24) is 4.90 Å². The smallest absolute Gasteiger partial charge is 0.120 e. The van der Waals surface area contributed by atoms with Gasteiger partial charge in [-0.15, -0.1) is 0 Å². The minimum atomic E-state index is 0.0132. The molecule has 3 heteroatoms. The summed E-state index contributed by atoms with van der Waals surface area (Å²) in [7, 11) is 3.95. The highest BCUT2D eigenvalue weighted by atomic mass is 16.5. The number of rotatable bonds is 3. The van der Waals surface area contributed by atoms with Crippen molar-refractivity contribution in [3.63, 3.8) is 0 Å². The topological polar surface area (TPSA) is 29.5 Å². The molecule has 0 amide bonds. The average Bonchev–Trinajstić information content (AvgIpc) is 2.61. The van der Waals surface area contributed by atoms with Crippen LogP contribution in [0.2, 0.25) is 0 Å². The minimum absolute atomic E-state index is 0.0132. The molecular weight excluding hydrogens is 262 g/mol. The summed E-state index contributed by atoms with van der Waals surface area (Å²) in [6.45, 7) is 3.52. The number of carbonyl (C=O) groups excluding carboxylic acids is 1. The number of hydrogen-bond donors (Lipinski definition) is 0. The van der Waals surface area contributed by atoms with Crippen LogP contribution in [0.15, 0.2) is 18.2 Å². The highest BCUT2D eigenvalue weighted by Crippen LogP contribution is 2.66. The first-order chi connectivity index (χ1) is 10.1. The third kappa shape index (κ3) is 1.45. The van der Waals surface area contributed by atoms with Gasteiger partial charge in [0.1, 0.15) is 12.0 Å². The van der Waals surface area contributed by atoms with Crippen LogP contribution < -0.4 is 4.74 Å². The molecule has 4 rings (SSSR count). The van der Waals surface area contributed by atoms with E-state index in [0.29, 0.717) is 23.8 Å². The average molecular weight is 285 g/mol. The van der Waals surface area contributed by atoms with Crippen molar-refractivity contribution in [2.75, 3.05) is 20.7 Å². The van der Waals surface area contributed by atoms with Crippen molar-refractivity contribution in [3.8, 4) is 5.75 Å². The summed E-state index contributed by atoms with van der Waals surface area (Å²) in [6.07, 6.45) is 4.09. The lowest BCUT2D eigenvalue weighted by atomic mass is 9.62. The van der Waals surface area contributed by atoms with E-state index in [1.807, 2.05) is 0 Å². The predicted octanol–water partition coefficient (Wildman–Crippen LogP) is 2.42. The van der Waals surface area contributed by atoms with Crippen molar-refractivity contribution >= 4 is 6.29 Å². The van der Waals surface area contributed by atoms with E-state index in [4.69, 9.17) is 4.74 Å². The maximum atomic E-state index is 11.4. The molecule has 112 valence electrons. The Bertz CT molecular complexity index is 613. The Morgan fingerprint density at radius 3 is 2.95 bits per heavy atom. The van der Waals surface area contributed by atoms with Gasteiger partial charge in [-0.2, -0.15) is 0 Å². The van der Waals surface area contributed by atoms with Gasteiger partial charge < -0.3 is 14.4 Å². The second-order valence-corrected chi connectivity index (χ2v) is 7.41. The molecule has 3 nitrogen and oxygen atoms in total. The van der Waals surface area contributed by atoms with Crippen LogP contribution >= 0.6 is 0 Å². The van der Waals surface area contributed by atoms with Gasteiger partial charge in [0.2, 0.25) is 0 Å². The molecule has 1 heterocycles. The third-order valence-electron chi connectivity index (χ3n) is 6.52. The maximum Gasteiger partial charge on any atom is 0.120 e. The number of hydrogen-bond acceptors (Lipinski definition) is 3. The summed E-state index contributed by atoms with van der Waals surface area (Å²) in [5.41, 5.74) is 3.22. The normalized spacial score (nSPS) is 40.1. The lowest BCUT2D eigenvalue weighted by molar-refractivity contribution is -0.109. The molecule has 1 aromatic rings. The van der Waals surface area contributed by atoms with Crippen LogP contribution in [0.1, 0.15) is 30.9 Å². The Kier molecular flexibility index (Phi) is 2.60. The molecule has 2 bridgehead atoms. The molecule has 1 saturated carbocycles. The van der Waals surface area contributed by atoms with Crippen molar-refractivity contribution in [2.24, 2.45) is 11.3 Å². The zero-order valence-electron chi connectivity index (χ0n) is 13.1. The molecule has 1 aromatic carbocycles. The Balaban J connectivity index is 1.91. The van der Waals surface area contributed by atoms with Crippen molar-refractivity contribution in [1.29, 1.82) is 0 Å². The van der Waals surface area contributed by atoms with Crippen LogP contribution in [0.5, 0.6) is 5.75 Å². The first kappa shape index (κ1) is 13.3. The van der Waals surface area contributed by atoms with Crippen molar-refractivity contribution in [2.45, 2.75) is 37.6 Å². The molecule has 2 fully saturated rings. The third-order valence-corrected chi connectivity index (χ3v) is 6.52. The molecule has 21 heavy (non-hydrogen) atoms. The van der Waals surface area contributed by atoms with E-state index < -0.39 is 0 Å². The van der Waals surface area contributed by atoms with E-state index in [-0.39, 0.29) is 5.41 Å². The van der Waals surface area contributed by atoms with Gasteiger partial charge in [0.25, 0.3) is 0 Å². The highest BCUT2D eigenvalue weighted by molar-refractivity contribution is 5.58. The monoisotopic (exact) mass is 285 g/mol. The first-order valence-corrected chi connectivity index (χ1v) is 7.88. The number of likely N-dealkylation sites (tertiary alicyclic amines) is 1. The van der Waals surface area contributed by atoms with Gasteiger partial charge in [0.15, 0.2) is 0 Å². The van der Waals surface area contributed by atoms with Gasteiger partial charge in [-0.1, -0.05) is 13.0 Å². The SMILES string of the molecule is COc1ccc2c(c1)C1(CC=O)CC3(C2)CN(C)[C@H]3[C@@H]1C. The fourth-order valence-corrected chi connectivity index (χ4v) is 5.97. The van der Waals surface area contributed by atoms with Crippen LogP contribution in [-0.4, -0.2) is 37.9 Å². The second-order valence-electron chi connectivity index (χ2n) is 7.41. The van der Waals surface area contributed by atoms with Crippen LogP contribution in [0.3, 0.4) is 0 Å². The lowest BCUT2D eigenvalue weighted by Gasteiger charge is -2.54. The first-order valence-electron chi connectivity index (χ1n) is 7.88. The summed E-state index contributed by atoms with van der Waals surface area (Å²) in [6, 6.07) is 7.10. The molecular formula is C18H23NO2. The fraction of sp³-hybridized carbons (Fsp3) is 0.611. The van der Waals surface area contributed by atoms with Gasteiger partial charge in [-0.05, 0) is 49.1 Å². The van der Waals surface area contributed by atoms with Crippen molar-refractivity contribution < 1.29 is 9.53 Å². The van der Waals surface area contributed by atoms with Gasteiger partial charge in [0.05, 0.1) is 7.11 Å². The number of nitrogens with zero attached hydrogens (tertiary/aromatic N) is 1. The summed E-state index contributed by atoms with van der Waals surface area (Å²) in [5.74, 6) is 1.43. The summed E-state index contributed by atoms with van der Waals surface area (Å²) in [4.78, 5) is 13.9. The Morgan fingerprint density at radius 1 is 1.48 bits per heavy atom. The molecule has 0 aromatic heterocycles. The van der Waals surface area contributed by atoms with E-state index in [1.165, 1.54) is 17.7 Å². The van der Waals surface area contributed by atoms with Gasteiger partial charge in [-0.25, -0.2) is 0 Å². The molecule has 3 aliphatic rings. The number of carbonyl (C=O) groups is 1. The minimum Gasteiger partial charge on any atom is -0.497 e. The largest absolute Gasteiger partial charge is 0.497 e. The summed E-state index contributed by atoms with van der Waals surface area (Å²) < 4.78 is 5.44. The Morgan fingerprint density at radius 2 is 2.29 bits per heavy atom. The molecule has 1 saturated heterocycles. The predicted molar refractivity (Wildman–Crippen MR) is 81.7 cm³/mol. The number of aldehydes is 1. The Labute approximate surface area is 126 Å². The quantitative estimate of drug-likeness (QED) is 0.799. The van der Waals surface area contributed by atoms with Crippen LogP contribution in [0.25, 0.3) is 0 Å². The Hall–Kier alpha value is -1.35. The summed E-state index contributed by atoms with van der Waals surface area (Å²) >= 11 is 0. The summed E-state index contributed by atoms with van der Waals surface area (Å²) in [5, 5.41) is 0. The number of benzene rings is 1. The van der Waals surface area contributed by atoms with E-state index in [9.17, 15) is 4.79 Å². The van der Waals surface area contributed by atoms with Crippen LogP contribution in [0, 0.1) is 11.3 Å². The van der Waals surface area contributed by atoms with Crippen LogP contribution in [0.4, 0.5) is 0 Å². The van der Waals surface area contributed by atoms with Crippen LogP contribution in [-0.2, 0) is 16.6 Å². The second kappa shape index (κ2) is 4.10. The number of ether oxygens (including phenoxy) is 1. The molecule has 1 spiro atoms. The zero-order valence-corrected chi connectivity index (χ0v) is 13.1. The lowest BCUT2D eigenvalue weighted by Crippen LogP contribution is -2.62. The van der Waals surface area contributed by atoms with E-state index in [0.717, 1.165) is 24.9 Å². The standard InChI is InChI=1S/C18H23NO2/c1-12-16-17(11-19(16)2)9-13-4-5-14(21-3)8-15(13)18(12,10-17)6-7-20/h4-5,7-8,12,16H,6,9-11H2,1-3H3/t12-,16-,17?,18?/m0/s1.